The third kappa shape index (κ3) is 4.22. The van der Waals surface area contributed by atoms with Crippen molar-refractivity contribution in [2.24, 2.45) is 5.92 Å². The molecule has 0 spiro atoms. The van der Waals surface area contributed by atoms with E-state index in [9.17, 15) is 14.0 Å². The van der Waals surface area contributed by atoms with Crippen molar-refractivity contribution in [3.63, 3.8) is 0 Å². The molecule has 0 heterocycles. The number of hydrogen-bond donors (Lipinski definition) is 0. The van der Waals surface area contributed by atoms with Gasteiger partial charge in [0.25, 0.3) is 0 Å². The van der Waals surface area contributed by atoms with Crippen LogP contribution in [0.25, 0.3) is 5.57 Å². The number of ketones is 1. The molecular formula is C24H25FO3. The molecular weight excluding hydrogens is 355 g/mol. The van der Waals surface area contributed by atoms with Gasteiger partial charge in [-0.05, 0) is 59.7 Å². The Hall–Kier alpha value is -2.75. The Balaban J connectivity index is 1.99. The quantitative estimate of drug-likeness (QED) is 0.524. The van der Waals surface area contributed by atoms with Gasteiger partial charge in [-0.15, -0.1) is 0 Å². The minimum absolute atomic E-state index is 0.232. The van der Waals surface area contributed by atoms with Gasteiger partial charge in [-0.2, -0.15) is 0 Å². The van der Waals surface area contributed by atoms with E-state index in [-0.39, 0.29) is 24.1 Å². The van der Waals surface area contributed by atoms with Gasteiger partial charge in [0.15, 0.2) is 5.78 Å². The first-order valence-corrected chi connectivity index (χ1v) is 9.67. The summed E-state index contributed by atoms with van der Waals surface area (Å²) in [6.45, 7) is 6.21. The average molecular weight is 380 g/mol. The number of carbonyl (C=O) groups is 2. The number of halogens is 1. The van der Waals surface area contributed by atoms with E-state index < -0.39 is 11.9 Å². The third-order valence-electron chi connectivity index (χ3n) is 5.25. The van der Waals surface area contributed by atoms with Crippen LogP contribution >= 0.6 is 0 Å². The van der Waals surface area contributed by atoms with Crippen LogP contribution in [0.3, 0.4) is 0 Å². The van der Waals surface area contributed by atoms with Gasteiger partial charge >= 0.3 is 5.97 Å². The second-order valence-corrected chi connectivity index (χ2v) is 7.44. The van der Waals surface area contributed by atoms with Gasteiger partial charge in [0, 0.05) is 5.92 Å². The predicted molar refractivity (Wildman–Crippen MR) is 107 cm³/mol. The number of rotatable bonds is 5. The van der Waals surface area contributed by atoms with Crippen LogP contribution < -0.4 is 0 Å². The van der Waals surface area contributed by atoms with E-state index in [0.717, 1.165) is 16.7 Å². The molecule has 3 nitrogen and oxygen atoms in total. The summed E-state index contributed by atoms with van der Waals surface area (Å²) in [6.07, 6.45) is 2.02. The molecule has 2 aromatic rings. The second kappa shape index (κ2) is 8.51. The first kappa shape index (κ1) is 20.0. The molecule has 4 heteroatoms. The van der Waals surface area contributed by atoms with Crippen LogP contribution in [0.15, 0.2) is 54.6 Å². The Kier molecular flexibility index (Phi) is 6.08. The average Bonchev–Trinajstić information content (AvgIpc) is 2.68. The van der Waals surface area contributed by atoms with Crippen molar-refractivity contribution in [1.29, 1.82) is 0 Å². The minimum Gasteiger partial charge on any atom is -0.465 e. The summed E-state index contributed by atoms with van der Waals surface area (Å²) in [4.78, 5) is 25.4. The summed E-state index contributed by atoms with van der Waals surface area (Å²) >= 11 is 0. The summed E-state index contributed by atoms with van der Waals surface area (Å²) in [5.74, 6) is -1.83. The van der Waals surface area contributed by atoms with Gasteiger partial charge in [-0.25, -0.2) is 4.39 Å². The molecule has 0 saturated heterocycles. The molecule has 1 aliphatic rings. The van der Waals surface area contributed by atoms with Crippen LogP contribution in [-0.4, -0.2) is 18.4 Å². The maximum Gasteiger partial charge on any atom is 0.317 e. The fourth-order valence-electron chi connectivity index (χ4n) is 3.69. The lowest BCUT2D eigenvalue weighted by Crippen LogP contribution is -2.34. The van der Waals surface area contributed by atoms with Crippen molar-refractivity contribution in [1.82, 2.24) is 0 Å². The Bertz CT molecular complexity index is 879. The summed E-state index contributed by atoms with van der Waals surface area (Å²) < 4.78 is 18.5. The molecule has 0 amide bonds. The van der Waals surface area contributed by atoms with Crippen molar-refractivity contribution in [3.05, 3.63) is 77.1 Å². The summed E-state index contributed by atoms with van der Waals surface area (Å²) in [6, 6.07) is 14.2. The number of esters is 1. The Morgan fingerprint density at radius 3 is 2.32 bits per heavy atom. The van der Waals surface area contributed by atoms with Gasteiger partial charge in [0.1, 0.15) is 11.7 Å². The van der Waals surface area contributed by atoms with Gasteiger partial charge in [-0.1, -0.05) is 50.2 Å². The summed E-state index contributed by atoms with van der Waals surface area (Å²) in [5.41, 5.74) is 3.74. The van der Waals surface area contributed by atoms with Gasteiger partial charge < -0.3 is 4.74 Å². The minimum atomic E-state index is -0.853. The number of benzene rings is 2. The topological polar surface area (TPSA) is 43.4 Å². The molecule has 2 aromatic carbocycles. The van der Waals surface area contributed by atoms with Crippen LogP contribution in [0.2, 0.25) is 0 Å². The molecule has 0 radical (unpaired) electrons. The van der Waals surface area contributed by atoms with E-state index in [1.54, 1.807) is 19.1 Å². The Morgan fingerprint density at radius 2 is 1.75 bits per heavy atom. The zero-order chi connectivity index (χ0) is 20.3. The van der Waals surface area contributed by atoms with E-state index in [1.165, 1.54) is 23.8 Å². The van der Waals surface area contributed by atoms with Crippen LogP contribution in [0.5, 0.6) is 0 Å². The van der Waals surface area contributed by atoms with E-state index in [4.69, 9.17) is 4.74 Å². The van der Waals surface area contributed by atoms with Crippen molar-refractivity contribution in [2.75, 3.05) is 6.61 Å². The highest BCUT2D eigenvalue weighted by Gasteiger charge is 2.39. The smallest absolute Gasteiger partial charge is 0.317 e. The van der Waals surface area contributed by atoms with E-state index in [2.05, 4.69) is 13.8 Å². The molecule has 3 rings (SSSR count). The maximum atomic E-state index is 13.3. The highest BCUT2D eigenvalue weighted by atomic mass is 19.1. The maximum absolute atomic E-state index is 13.3. The number of carbonyl (C=O) groups excluding carboxylic acids is 2. The first-order valence-electron chi connectivity index (χ1n) is 9.67. The zero-order valence-corrected chi connectivity index (χ0v) is 16.4. The van der Waals surface area contributed by atoms with Crippen LogP contribution in [0.4, 0.5) is 4.39 Å². The largest absolute Gasteiger partial charge is 0.465 e. The van der Waals surface area contributed by atoms with E-state index in [0.29, 0.717) is 12.3 Å². The SMILES string of the molecule is CCOC(=O)[C@H]1C(=O)C=C(c2ccc(F)cc2)C[C@H]1c1ccc(C(C)C)cc1. The normalized spacial score (nSPS) is 19.5. The molecule has 0 aromatic heterocycles. The molecule has 0 N–H and O–H groups in total. The van der Waals surface area contributed by atoms with Crippen LogP contribution in [-0.2, 0) is 14.3 Å². The molecule has 0 fully saturated rings. The van der Waals surface area contributed by atoms with E-state index >= 15 is 0 Å². The Labute approximate surface area is 165 Å². The van der Waals surface area contributed by atoms with Crippen molar-refractivity contribution < 1.29 is 18.7 Å². The summed E-state index contributed by atoms with van der Waals surface area (Å²) in [5, 5.41) is 0. The lowest BCUT2D eigenvalue weighted by Gasteiger charge is -2.29. The zero-order valence-electron chi connectivity index (χ0n) is 16.4. The highest BCUT2D eigenvalue weighted by molar-refractivity contribution is 6.10. The molecule has 0 bridgehead atoms. The number of allylic oxidation sites excluding steroid dienone is 2. The predicted octanol–water partition coefficient (Wildman–Crippen LogP) is 5.27. The summed E-state index contributed by atoms with van der Waals surface area (Å²) in [7, 11) is 0. The molecule has 0 aliphatic heterocycles. The molecule has 0 saturated carbocycles. The lowest BCUT2D eigenvalue weighted by molar-refractivity contribution is -0.151. The number of ether oxygens (including phenoxy) is 1. The van der Waals surface area contributed by atoms with Crippen LogP contribution in [0.1, 0.15) is 55.7 Å². The highest BCUT2D eigenvalue weighted by Crippen LogP contribution is 2.40. The molecule has 28 heavy (non-hydrogen) atoms. The fourth-order valence-corrected chi connectivity index (χ4v) is 3.69. The van der Waals surface area contributed by atoms with Crippen molar-refractivity contribution in [2.45, 2.75) is 39.0 Å². The Morgan fingerprint density at radius 1 is 1.11 bits per heavy atom. The van der Waals surface area contributed by atoms with Crippen molar-refractivity contribution >= 4 is 17.3 Å². The van der Waals surface area contributed by atoms with Crippen LogP contribution in [0, 0.1) is 11.7 Å². The second-order valence-electron chi connectivity index (χ2n) is 7.44. The van der Waals surface area contributed by atoms with Gasteiger partial charge in [0.2, 0.25) is 0 Å². The van der Waals surface area contributed by atoms with E-state index in [1.807, 2.05) is 24.3 Å². The van der Waals surface area contributed by atoms with Gasteiger partial charge in [0.05, 0.1) is 6.61 Å². The molecule has 0 unspecified atom stereocenters. The van der Waals surface area contributed by atoms with Crippen molar-refractivity contribution in [3.8, 4) is 0 Å². The lowest BCUT2D eigenvalue weighted by atomic mass is 9.73. The third-order valence-corrected chi connectivity index (χ3v) is 5.25. The molecule has 2 atom stereocenters. The van der Waals surface area contributed by atoms with Gasteiger partial charge in [-0.3, -0.25) is 9.59 Å². The molecule has 1 aliphatic carbocycles. The standard InChI is InChI=1S/C24H25FO3/c1-4-28-24(27)23-21(18-7-5-16(6-8-18)15(2)3)13-19(14-22(23)26)17-9-11-20(25)12-10-17/h5-12,14-15,21,23H,4,13H2,1-3H3/t21-,23+/m0/s1. The monoisotopic (exact) mass is 380 g/mol. The fraction of sp³-hybridized carbons (Fsp3) is 0.333. The molecule has 146 valence electrons. The number of hydrogen-bond acceptors (Lipinski definition) is 3. The first-order chi connectivity index (χ1) is 13.4.